The zero-order valence-electron chi connectivity index (χ0n) is 11.1. The molecule has 2 heterocycles. The van der Waals surface area contributed by atoms with E-state index in [1.54, 1.807) is 9.80 Å². The summed E-state index contributed by atoms with van der Waals surface area (Å²) in [6, 6.07) is 8.68. The molecule has 1 aromatic carbocycles. The maximum absolute atomic E-state index is 12.4. The largest absolute Gasteiger partial charge is 0.378 e. The number of nitrogens with zero attached hydrogens (tertiary/aromatic N) is 2. The molecule has 1 unspecified atom stereocenters. The molecule has 0 radical (unpaired) electrons. The van der Waals surface area contributed by atoms with Crippen molar-refractivity contribution in [2.24, 2.45) is 0 Å². The predicted molar refractivity (Wildman–Crippen MR) is 73.5 cm³/mol. The maximum atomic E-state index is 12.4. The molecule has 0 aliphatic carbocycles. The van der Waals surface area contributed by atoms with Crippen LogP contribution in [0.2, 0.25) is 0 Å². The Morgan fingerprint density at radius 1 is 1.20 bits per heavy atom. The number of benzene rings is 1. The van der Waals surface area contributed by atoms with Gasteiger partial charge in [-0.2, -0.15) is 0 Å². The molecule has 6 heteroatoms. The molecule has 1 N–H and O–H groups in total. The Morgan fingerprint density at radius 3 is 2.60 bits per heavy atom. The van der Waals surface area contributed by atoms with Gasteiger partial charge in [0, 0.05) is 18.8 Å². The van der Waals surface area contributed by atoms with Crippen LogP contribution in [0.15, 0.2) is 30.3 Å². The summed E-state index contributed by atoms with van der Waals surface area (Å²) in [5.74, 6) is -0.0277. The number of para-hydroxylation sites is 1. The fourth-order valence-corrected chi connectivity index (χ4v) is 2.51. The van der Waals surface area contributed by atoms with E-state index in [4.69, 9.17) is 4.74 Å². The van der Waals surface area contributed by atoms with Crippen molar-refractivity contribution in [2.75, 3.05) is 37.7 Å². The van der Waals surface area contributed by atoms with Gasteiger partial charge in [0.25, 0.3) is 0 Å². The summed E-state index contributed by atoms with van der Waals surface area (Å²) < 4.78 is 5.23. The number of ether oxygens (including phenoxy) is 1. The van der Waals surface area contributed by atoms with Gasteiger partial charge in [-0.3, -0.25) is 9.69 Å². The van der Waals surface area contributed by atoms with Crippen LogP contribution in [0.4, 0.5) is 10.5 Å². The third-order valence-corrected chi connectivity index (χ3v) is 3.60. The van der Waals surface area contributed by atoms with E-state index < -0.39 is 6.04 Å². The molecule has 1 atom stereocenters. The van der Waals surface area contributed by atoms with Gasteiger partial charge < -0.3 is 15.0 Å². The van der Waals surface area contributed by atoms with Crippen LogP contribution in [-0.4, -0.2) is 55.7 Å². The number of hydrogen-bond donors (Lipinski definition) is 1. The second-order valence-electron chi connectivity index (χ2n) is 4.89. The van der Waals surface area contributed by atoms with Crippen molar-refractivity contribution in [3.63, 3.8) is 0 Å². The zero-order chi connectivity index (χ0) is 13.9. The molecule has 2 fully saturated rings. The van der Waals surface area contributed by atoms with E-state index in [2.05, 4.69) is 5.32 Å². The number of hydrogen-bond acceptors (Lipinski definition) is 3. The summed E-state index contributed by atoms with van der Waals surface area (Å²) in [5, 5.41) is 2.75. The average molecular weight is 275 g/mol. The SMILES string of the molecule is O=C(C1CN(c2ccccc2)C(=O)N1)N1CCOCC1. The quantitative estimate of drug-likeness (QED) is 0.852. The number of amides is 3. The van der Waals surface area contributed by atoms with Gasteiger partial charge in [-0.15, -0.1) is 0 Å². The van der Waals surface area contributed by atoms with Crippen molar-refractivity contribution in [1.29, 1.82) is 0 Å². The minimum Gasteiger partial charge on any atom is -0.378 e. The van der Waals surface area contributed by atoms with Crippen molar-refractivity contribution in [2.45, 2.75) is 6.04 Å². The summed E-state index contributed by atoms with van der Waals surface area (Å²) in [5.41, 5.74) is 0.808. The Morgan fingerprint density at radius 2 is 1.90 bits per heavy atom. The first kappa shape index (κ1) is 12.9. The van der Waals surface area contributed by atoms with Crippen LogP contribution < -0.4 is 10.2 Å². The highest BCUT2D eigenvalue weighted by Crippen LogP contribution is 2.18. The topological polar surface area (TPSA) is 61.9 Å². The number of urea groups is 1. The van der Waals surface area contributed by atoms with Crippen molar-refractivity contribution in [3.05, 3.63) is 30.3 Å². The normalized spacial score (nSPS) is 22.8. The highest BCUT2D eigenvalue weighted by Gasteiger charge is 2.36. The Labute approximate surface area is 117 Å². The lowest BCUT2D eigenvalue weighted by molar-refractivity contribution is -0.136. The smallest absolute Gasteiger partial charge is 0.322 e. The molecular formula is C14H17N3O3. The molecule has 3 rings (SSSR count). The molecule has 0 saturated carbocycles. The average Bonchev–Trinajstić information content (AvgIpc) is 2.90. The monoisotopic (exact) mass is 275 g/mol. The number of anilines is 1. The maximum Gasteiger partial charge on any atom is 0.322 e. The van der Waals surface area contributed by atoms with E-state index in [0.717, 1.165) is 5.69 Å². The fourth-order valence-electron chi connectivity index (χ4n) is 2.51. The Kier molecular flexibility index (Phi) is 3.56. The molecule has 1 aromatic rings. The summed E-state index contributed by atoms with van der Waals surface area (Å²) >= 11 is 0. The van der Waals surface area contributed by atoms with Crippen molar-refractivity contribution in [1.82, 2.24) is 10.2 Å². The number of carbonyl (C=O) groups excluding carboxylic acids is 2. The van der Waals surface area contributed by atoms with Crippen LogP contribution in [-0.2, 0) is 9.53 Å². The van der Waals surface area contributed by atoms with Gasteiger partial charge >= 0.3 is 6.03 Å². The molecular weight excluding hydrogens is 258 g/mol. The molecule has 2 saturated heterocycles. The van der Waals surface area contributed by atoms with Gasteiger partial charge in [-0.05, 0) is 12.1 Å². The summed E-state index contributed by atoms with van der Waals surface area (Å²) in [6.07, 6.45) is 0. The summed E-state index contributed by atoms with van der Waals surface area (Å²) in [4.78, 5) is 27.7. The second-order valence-corrected chi connectivity index (χ2v) is 4.89. The van der Waals surface area contributed by atoms with Gasteiger partial charge in [-0.1, -0.05) is 18.2 Å². The van der Waals surface area contributed by atoms with Crippen molar-refractivity contribution >= 4 is 17.6 Å². The Balaban J connectivity index is 1.68. The van der Waals surface area contributed by atoms with E-state index in [0.29, 0.717) is 32.8 Å². The van der Waals surface area contributed by atoms with Crippen LogP contribution in [0.3, 0.4) is 0 Å². The first-order chi connectivity index (χ1) is 9.75. The fraction of sp³-hybridized carbons (Fsp3) is 0.429. The van der Waals surface area contributed by atoms with Gasteiger partial charge in [-0.25, -0.2) is 4.79 Å². The highest BCUT2D eigenvalue weighted by atomic mass is 16.5. The molecule has 6 nitrogen and oxygen atoms in total. The van der Waals surface area contributed by atoms with Crippen LogP contribution in [0.5, 0.6) is 0 Å². The highest BCUT2D eigenvalue weighted by molar-refractivity contribution is 6.00. The van der Waals surface area contributed by atoms with Gasteiger partial charge in [0.05, 0.1) is 19.8 Å². The third kappa shape index (κ3) is 2.46. The molecule has 20 heavy (non-hydrogen) atoms. The molecule has 3 amide bonds. The standard InChI is InChI=1S/C14H17N3O3/c18-13(16-6-8-20-9-7-16)12-10-17(14(19)15-12)11-4-2-1-3-5-11/h1-5,12H,6-10H2,(H,15,19). The molecule has 0 spiro atoms. The second kappa shape index (κ2) is 5.50. The molecule has 2 aliphatic rings. The predicted octanol–water partition coefficient (Wildman–Crippen LogP) is 0.444. The minimum absolute atomic E-state index is 0.0277. The number of rotatable bonds is 2. The molecule has 106 valence electrons. The minimum atomic E-state index is -0.471. The first-order valence-electron chi connectivity index (χ1n) is 6.75. The Hall–Kier alpha value is -2.08. The summed E-state index contributed by atoms with van der Waals surface area (Å²) in [7, 11) is 0. The van der Waals surface area contributed by atoms with Crippen LogP contribution in [0, 0.1) is 0 Å². The van der Waals surface area contributed by atoms with E-state index in [1.807, 2.05) is 30.3 Å². The van der Waals surface area contributed by atoms with Crippen LogP contribution in [0.1, 0.15) is 0 Å². The zero-order valence-corrected chi connectivity index (χ0v) is 11.1. The number of morpholine rings is 1. The number of carbonyl (C=O) groups is 2. The number of nitrogens with one attached hydrogen (secondary N) is 1. The summed E-state index contributed by atoms with van der Waals surface area (Å²) in [6.45, 7) is 2.69. The van der Waals surface area contributed by atoms with E-state index in [1.165, 1.54) is 0 Å². The lowest BCUT2D eigenvalue weighted by Crippen LogP contribution is -2.49. The van der Waals surface area contributed by atoms with E-state index in [9.17, 15) is 9.59 Å². The van der Waals surface area contributed by atoms with E-state index >= 15 is 0 Å². The van der Waals surface area contributed by atoms with Crippen molar-refractivity contribution < 1.29 is 14.3 Å². The molecule has 0 aromatic heterocycles. The van der Waals surface area contributed by atoms with Crippen molar-refractivity contribution in [3.8, 4) is 0 Å². The van der Waals surface area contributed by atoms with Gasteiger partial charge in [0.15, 0.2) is 0 Å². The lowest BCUT2D eigenvalue weighted by atomic mass is 10.2. The Bertz CT molecular complexity index is 500. The first-order valence-corrected chi connectivity index (χ1v) is 6.75. The molecule has 0 bridgehead atoms. The van der Waals surface area contributed by atoms with Crippen LogP contribution in [0.25, 0.3) is 0 Å². The lowest BCUT2D eigenvalue weighted by Gasteiger charge is -2.28. The van der Waals surface area contributed by atoms with Crippen LogP contribution >= 0.6 is 0 Å². The van der Waals surface area contributed by atoms with E-state index in [-0.39, 0.29) is 11.9 Å². The van der Waals surface area contributed by atoms with Gasteiger partial charge in [0.2, 0.25) is 5.91 Å². The third-order valence-electron chi connectivity index (χ3n) is 3.60. The van der Waals surface area contributed by atoms with Gasteiger partial charge in [0.1, 0.15) is 6.04 Å². The molecule has 2 aliphatic heterocycles.